The molecular weight excluding hydrogens is 428 g/mol. The molecule has 2 rings (SSSR count). The first kappa shape index (κ1) is 27.1. The molecule has 0 fully saturated rings. The molecule has 0 saturated heterocycles. The molecule has 6 heteroatoms. The van der Waals surface area contributed by atoms with Gasteiger partial charge in [-0.3, -0.25) is 9.88 Å². The van der Waals surface area contributed by atoms with E-state index in [1.165, 1.54) is 5.56 Å². The average Bonchev–Trinajstić information content (AvgIpc) is 2.71. The lowest BCUT2D eigenvalue weighted by Gasteiger charge is -2.33. The standard InChI is InChI=1S/C27H42N2O3Si/c1-20(22-16-13-17-23(28-22)27(8,9)32-33-26(5,6)7)29(24(30)31-25(2,3)4)19-18-21-14-11-10-12-15-21/h10-17,20H,18-19,33H2,1-9H3/t20-/m0/s1. The number of nitrogens with zero attached hydrogens (tertiary/aromatic N) is 2. The second-order valence-electron chi connectivity index (χ2n) is 11.4. The summed E-state index contributed by atoms with van der Waals surface area (Å²) in [5.74, 6) is 0. The Kier molecular flexibility index (Phi) is 8.88. The summed E-state index contributed by atoms with van der Waals surface area (Å²) in [5, 5.41) is 0.202. The van der Waals surface area contributed by atoms with Crippen molar-refractivity contribution < 1.29 is 14.0 Å². The van der Waals surface area contributed by atoms with Crippen LogP contribution in [-0.2, 0) is 21.2 Å². The highest BCUT2D eigenvalue weighted by Gasteiger charge is 2.30. The smallest absolute Gasteiger partial charge is 0.410 e. The molecule has 0 saturated carbocycles. The van der Waals surface area contributed by atoms with Gasteiger partial charge in [-0.15, -0.1) is 0 Å². The maximum absolute atomic E-state index is 13.1. The van der Waals surface area contributed by atoms with Crippen molar-refractivity contribution in [3.63, 3.8) is 0 Å². The maximum atomic E-state index is 13.1. The third kappa shape index (κ3) is 8.93. The molecule has 1 aromatic carbocycles. The van der Waals surface area contributed by atoms with Gasteiger partial charge in [0.05, 0.1) is 23.0 Å². The second-order valence-corrected chi connectivity index (χ2v) is 14.1. The van der Waals surface area contributed by atoms with Crippen molar-refractivity contribution in [1.29, 1.82) is 0 Å². The highest BCUT2D eigenvalue weighted by molar-refractivity contribution is 6.31. The Balaban J connectivity index is 2.27. The molecule has 182 valence electrons. The van der Waals surface area contributed by atoms with Gasteiger partial charge in [0.2, 0.25) is 0 Å². The van der Waals surface area contributed by atoms with E-state index in [0.29, 0.717) is 6.54 Å². The highest BCUT2D eigenvalue weighted by atomic mass is 28.2. The Labute approximate surface area is 202 Å². The minimum atomic E-state index is -0.740. The first-order valence-electron chi connectivity index (χ1n) is 11.8. The van der Waals surface area contributed by atoms with E-state index < -0.39 is 21.0 Å². The number of rotatable bonds is 8. The number of carbonyl (C=O) groups excluding carboxylic acids is 1. The molecule has 0 aliphatic heterocycles. The molecule has 1 aromatic heterocycles. The van der Waals surface area contributed by atoms with Crippen molar-refractivity contribution in [2.45, 2.75) is 91.0 Å². The maximum Gasteiger partial charge on any atom is 0.410 e. The van der Waals surface area contributed by atoms with Crippen molar-refractivity contribution in [3.05, 3.63) is 65.5 Å². The zero-order valence-corrected chi connectivity index (χ0v) is 23.4. The van der Waals surface area contributed by atoms with Gasteiger partial charge in [-0.2, -0.15) is 0 Å². The van der Waals surface area contributed by atoms with Crippen molar-refractivity contribution in [1.82, 2.24) is 9.88 Å². The fourth-order valence-corrected chi connectivity index (χ4v) is 4.25. The number of carbonyl (C=O) groups is 1. The van der Waals surface area contributed by atoms with Gasteiger partial charge in [-0.25, -0.2) is 4.79 Å². The van der Waals surface area contributed by atoms with Crippen molar-refractivity contribution >= 4 is 15.9 Å². The normalized spacial score (nSPS) is 13.8. The van der Waals surface area contributed by atoms with Crippen LogP contribution in [0.1, 0.15) is 85.3 Å². The van der Waals surface area contributed by atoms with E-state index in [1.54, 1.807) is 4.90 Å². The topological polar surface area (TPSA) is 51.7 Å². The number of aromatic nitrogens is 1. The van der Waals surface area contributed by atoms with Gasteiger partial charge >= 0.3 is 6.09 Å². The lowest BCUT2D eigenvalue weighted by molar-refractivity contribution is 0.0171. The minimum Gasteiger partial charge on any atom is -0.444 e. The summed E-state index contributed by atoms with van der Waals surface area (Å²) >= 11 is 0. The van der Waals surface area contributed by atoms with Crippen molar-refractivity contribution in [2.24, 2.45) is 0 Å². The lowest BCUT2D eigenvalue weighted by atomic mass is 10.0. The summed E-state index contributed by atoms with van der Waals surface area (Å²) in [7, 11) is -0.740. The summed E-state index contributed by atoms with van der Waals surface area (Å²) in [5.41, 5.74) is 1.86. The van der Waals surface area contributed by atoms with Gasteiger partial charge in [0.15, 0.2) is 9.76 Å². The zero-order chi connectivity index (χ0) is 24.9. The van der Waals surface area contributed by atoms with Crippen LogP contribution < -0.4 is 0 Å². The van der Waals surface area contributed by atoms with E-state index in [0.717, 1.165) is 17.8 Å². The molecule has 0 aliphatic rings. The van der Waals surface area contributed by atoms with E-state index in [9.17, 15) is 4.79 Å². The molecule has 0 bridgehead atoms. The zero-order valence-electron chi connectivity index (χ0n) is 21.9. The van der Waals surface area contributed by atoms with Crippen LogP contribution in [0.15, 0.2) is 48.5 Å². The van der Waals surface area contributed by atoms with Gasteiger partial charge < -0.3 is 9.16 Å². The quantitative estimate of drug-likeness (QED) is 0.433. The Hall–Kier alpha value is -2.18. The summed E-state index contributed by atoms with van der Waals surface area (Å²) < 4.78 is 12.1. The number of hydrogen-bond acceptors (Lipinski definition) is 4. The second kappa shape index (κ2) is 10.8. The van der Waals surface area contributed by atoms with Crippen LogP contribution in [-0.4, -0.2) is 37.9 Å². The van der Waals surface area contributed by atoms with Crippen molar-refractivity contribution in [3.8, 4) is 0 Å². The largest absolute Gasteiger partial charge is 0.444 e. The average molecular weight is 471 g/mol. The first-order chi connectivity index (χ1) is 15.2. The fourth-order valence-electron chi connectivity index (χ4n) is 3.31. The third-order valence-electron chi connectivity index (χ3n) is 5.26. The van der Waals surface area contributed by atoms with E-state index >= 15 is 0 Å². The minimum absolute atomic E-state index is 0.202. The molecule has 1 atom stereocenters. The highest BCUT2D eigenvalue weighted by Crippen LogP contribution is 2.30. The van der Waals surface area contributed by atoms with Crippen LogP contribution in [0.4, 0.5) is 4.79 Å². The molecule has 1 heterocycles. The van der Waals surface area contributed by atoms with E-state index in [2.05, 4.69) is 46.8 Å². The molecule has 2 aromatic rings. The Bertz CT molecular complexity index is 902. The van der Waals surface area contributed by atoms with Crippen LogP contribution >= 0.6 is 0 Å². The number of pyridine rings is 1. The SMILES string of the molecule is C[C@@H](c1cccc(C(C)(C)O[SiH2]C(C)(C)C)n1)N(CCc1ccccc1)C(=O)OC(C)(C)C. The van der Waals surface area contributed by atoms with E-state index in [4.69, 9.17) is 14.1 Å². The van der Waals surface area contributed by atoms with Crippen LogP contribution in [0.25, 0.3) is 0 Å². The number of benzene rings is 1. The monoisotopic (exact) mass is 470 g/mol. The number of ether oxygens (including phenoxy) is 1. The van der Waals surface area contributed by atoms with Gasteiger partial charge in [0, 0.05) is 6.54 Å². The fraction of sp³-hybridized carbons (Fsp3) is 0.556. The van der Waals surface area contributed by atoms with Crippen LogP contribution in [0, 0.1) is 0 Å². The molecule has 0 spiro atoms. The molecular formula is C27H42N2O3Si. The molecule has 0 aliphatic carbocycles. The number of hydrogen-bond donors (Lipinski definition) is 0. The van der Waals surface area contributed by atoms with Gasteiger partial charge in [0.1, 0.15) is 5.60 Å². The Morgan fingerprint density at radius 2 is 1.61 bits per heavy atom. The van der Waals surface area contributed by atoms with Gasteiger partial charge in [0.25, 0.3) is 0 Å². The van der Waals surface area contributed by atoms with Crippen LogP contribution in [0.5, 0.6) is 0 Å². The lowest BCUT2D eigenvalue weighted by Crippen LogP contribution is -2.40. The molecule has 33 heavy (non-hydrogen) atoms. The summed E-state index contributed by atoms with van der Waals surface area (Å²) in [4.78, 5) is 19.9. The van der Waals surface area contributed by atoms with Crippen LogP contribution in [0.2, 0.25) is 5.04 Å². The Morgan fingerprint density at radius 3 is 2.18 bits per heavy atom. The van der Waals surface area contributed by atoms with Gasteiger partial charge in [-0.1, -0.05) is 57.2 Å². The summed E-state index contributed by atoms with van der Waals surface area (Å²) in [6.45, 7) is 19.0. The van der Waals surface area contributed by atoms with E-state index in [1.807, 2.05) is 64.1 Å². The summed E-state index contributed by atoms with van der Waals surface area (Å²) in [6.07, 6.45) is 0.421. The molecule has 0 unspecified atom stereocenters. The molecule has 0 radical (unpaired) electrons. The van der Waals surface area contributed by atoms with E-state index in [-0.39, 0.29) is 17.2 Å². The third-order valence-corrected chi connectivity index (χ3v) is 6.99. The summed E-state index contributed by atoms with van der Waals surface area (Å²) in [6, 6.07) is 15.9. The molecule has 0 N–H and O–H groups in total. The predicted molar refractivity (Wildman–Crippen MR) is 138 cm³/mol. The number of amides is 1. The van der Waals surface area contributed by atoms with Gasteiger partial charge in [-0.05, 0) is 70.7 Å². The van der Waals surface area contributed by atoms with Crippen LogP contribution in [0.3, 0.4) is 0 Å². The molecule has 5 nitrogen and oxygen atoms in total. The predicted octanol–water partition coefficient (Wildman–Crippen LogP) is 6.18. The van der Waals surface area contributed by atoms with Crippen molar-refractivity contribution in [2.75, 3.05) is 6.54 Å². The Morgan fingerprint density at radius 1 is 0.970 bits per heavy atom. The first-order valence-corrected chi connectivity index (χ1v) is 13.1. The molecule has 1 amide bonds.